The average Bonchev–Trinajstić information content (AvgIpc) is 3.29. The van der Waals surface area contributed by atoms with E-state index in [1.54, 1.807) is 11.6 Å². The summed E-state index contributed by atoms with van der Waals surface area (Å²) in [5, 5.41) is 16.2. The Bertz CT molecular complexity index is 1030. The van der Waals surface area contributed by atoms with Gasteiger partial charge in [-0.1, -0.05) is 36.4 Å². The van der Waals surface area contributed by atoms with Crippen molar-refractivity contribution in [2.75, 3.05) is 20.2 Å². The van der Waals surface area contributed by atoms with Gasteiger partial charge < -0.3 is 15.2 Å². The number of aliphatic hydroxyl groups is 1. The summed E-state index contributed by atoms with van der Waals surface area (Å²) >= 11 is 1.53. The first-order valence-electron chi connectivity index (χ1n) is 10.0. The Morgan fingerprint density at radius 2 is 2.13 bits per heavy atom. The largest absolute Gasteiger partial charge is 0.496 e. The molecule has 0 bridgehead atoms. The fourth-order valence-corrected chi connectivity index (χ4v) is 4.68. The van der Waals surface area contributed by atoms with Gasteiger partial charge in [0.25, 0.3) is 5.91 Å². The summed E-state index contributed by atoms with van der Waals surface area (Å²) in [6.45, 7) is 1.61. The maximum atomic E-state index is 14.5. The van der Waals surface area contributed by atoms with E-state index in [1.165, 1.54) is 30.6 Å². The molecule has 1 aliphatic rings. The number of amides is 1. The molecule has 1 fully saturated rings. The van der Waals surface area contributed by atoms with E-state index in [0.717, 1.165) is 11.3 Å². The number of thiazole rings is 1. The van der Waals surface area contributed by atoms with Gasteiger partial charge in [0.15, 0.2) is 0 Å². The molecule has 0 saturated carbocycles. The lowest BCUT2D eigenvalue weighted by atomic mass is 9.78. The highest BCUT2D eigenvalue weighted by atomic mass is 32.1. The summed E-state index contributed by atoms with van der Waals surface area (Å²) in [4.78, 5) is 19.6. The number of aromatic nitrogens is 1. The number of piperidine rings is 1. The molecule has 0 spiro atoms. The Hall–Kier alpha value is -2.81. The van der Waals surface area contributed by atoms with Gasteiger partial charge in [-0.2, -0.15) is 0 Å². The predicted molar refractivity (Wildman–Crippen MR) is 117 cm³/mol. The predicted octanol–water partition coefficient (Wildman–Crippen LogP) is 3.18. The lowest BCUT2D eigenvalue weighted by Crippen LogP contribution is -2.61. The maximum absolute atomic E-state index is 14.5. The maximum Gasteiger partial charge on any atom is 0.258 e. The van der Waals surface area contributed by atoms with E-state index in [-0.39, 0.29) is 11.3 Å². The zero-order valence-corrected chi connectivity index (χ0v) is 17.9. The molecule has 2 aromatic carbocycles. The second-order valence-corrected chi connectivity index (χ2v) is 8.31. The number of carbonyl (C=O) groups is 1. The van der Waals surface area contributed by atoms with Crippen LogP contribution in [0.2, 0.25) is 0 Å². The number of rotatable bonds is 6. The first-order valence-corrected chi connectivity index (χ1v) is 11.0. The number of likely N-dealkylation sites (tertiary alicyclic amines) is 1. The first-order chi connectivity index (χ1) is 15.0. The van der Waals surface area contributed by atoms with Gasteiger partial charge in [0.2, 0.25) is 0 Å². The fourth-order valence-electron chi connectivity index (χ4n) is 4.13. The number of benzene rings is 2. The topological polar surface area (TPSA) is 74.7 Å². The van der Waals surface area contributed by atoms with Crippen LogP contribution < -0.4 is 10.1 Å². The normalized spacial score (nSPS) is 21.6. The van der Waals surface area contributed by atoms with Gasteiger partial charge in [0.1, 0.15) is 17.1 Å². The SMILES string of the molecule is COc1cccc(F)c1C(=O)N[C@]1(c2ccccc2)CCN(Cc2cscn2)C[C@H]1O. The highest BCUT2D eigenvalue weighted by molar-refractivity contribution is 7.07. The molecular weight excluding hydrogens is 417 g/mol. The van der Waals surface area contributed by atoms with Crippen LogP contribution in [0.4, 0.5) is 4.39 Å². The number of carbonyl (C=O) groups excluding carboxylic acids is 1. The van der Waals surface area contributed by atoms with Gasteiger partial charge in [0, 0.05) is 25.0 Å². The lowest BCUT2D eigenvalue weighted by Gasteiger charge is -2.46. The molecule has 8 heteroatoms. The van der Waals surface area contributed by atoms with E-state index >= 15 is 0 Å². The zero-order valence-electron chi connectivity index (χ0n) is 17.1. The molecule has 3 aromatic rings. The molecule has 0 unspecified atom stereocenters. The van der Waals surface area contributed by atoms with Gasteiger partial charge in [-0.25, -0.2) is 9.37 Å². The third kappa shape index (κ3) is 4.32. The Balaban J connectivity index is 1.64. The number of hydrogen-bond acceptors (Lipinski definition) is 6. The number of nitrogens with one attached hydrogen (secondary N) is 1. The summed E-state index contributed by atoms with van der Waals surface area (Å²) in [5.74, 6) is -1.14. The minimum Gasteiger partial charge on any atom is -0.496 e. The van der Waals surface area contributed by atoms with Crippen molar-refractivity contribution in [3.8, 4) is 5.75 Å². The molecule has 1 saturated heterocycles. The highest BCUT2D eigenvalue weighted by Crippen LogP contribution is 2.35. The number of ether oxygens (including phenoxy) is 1. The molecule has 2 N–H and O–H groups in total. The number of hydrogen-bond donors (Lipinski definition) is 2. The number of β-amino-alcohol motifs (C(OH)–C–C–N with tert-alkyl or cyclic N) is 1. The smallest absolute Gasteiger partial charge is 0.258 e. The Labute approximate surface area is 184 Å². The van der Waals surface area contributed by atoms with E-state index in [9.17, 15) is 14.3 Å². The average molecular weight is 442 g/mol. The molecule has 0 radical (unpaired) electrons. The van der Waals surface area contributed by atoms with E-state index < -0.39 is 23.4 Å². The van der Waals surface area contributed by atoms with E-state index in [4.69, 9.17) is 4.74 Å². The fraction of sp³-hybridized carbons (Fsp3) is 0.304. The van der Waals surface area contributed by atoms with Crippen molar-refractivity contribution < 1.29 is 19.0 Å². The van der Waals surface area contributed by atoms with Gasteiger partial charge in [-0.3, -0.25) is 9.69 Å². The minimum absolute atomic E-state index is 0.149. The number of aliphatic hydroxyl groups excluding tert-OH is 1. The van der Waals surface area contributed by atoms with Crippen molar-refractivity contribution in [1.82, 2.24) is 15.2 Å². The molecule has 1 aliphatic heterocycles. The van der Waals surface area contributed by atoms with Crippen LogP contribution >= 0.6 is 11.3 Å². The number of methoxy groups -OCH3 is 1. The molecule has 162 valence electrons. The van der Waals surface area contributed by atoms with Crippen molar-refractivity contribution in [1.29, 1.82) is 0 Å². The Morgan fingerprint density at radius 3 is 2.81 bits per heavy atom. The van der Waals surface area contributed by atoms with Crippen molar-refractivity contribution >= 4 is 17.2 Å². The molecule has 6 nitrogen and oxygen atoms in total. The molecule has 4 rings (SSSR count). The van der Waals surface area contributed by atoms with Crippen LogP contribution in [0, 0.1) is 5.82 Å². The van der Waals surface area contributed by atoms with Crippen LogP contribution in [0.25, 0.3) is 0 Å². The van der Waals surface area contributed by atoms with Crippen LogP contribution in [-0.2, 0) is 12.1 Å². The Morgan fingerprint density at radius 1 is 1.32 bits per heavy atom. The highest BCUT2D eigenvalue weighted by Gasteiger charge is 2.45. The minimum atomic E-state index is -1.05. The number of halogens is 1. The summed E-state index contributed by atoms with van der Waals surface area (Å²) in [7, 11) is 1.39. The summed E-state index contributed by atoms with van der Waals surface area (Å²) in [6.07, 6.45) is -0.436. The molecule has 31 heavy (non-hydrogen) atoms. The second-order valence-electron chi connectivity index (χ2n) is 7.59. The van der Waals surface area contributed by atoms with Crippen LogP contribution in [-0.4, -0.2) is 47.2 Å². The van der Waals surface area contributed by atoms with Crippen molar-refractivity contribution in [3.05, 3.63) is 82.1 Å². The van der Waals surface area contributed by atoms with E-state index in [1.807, 2.05) is 35.7 Å². The quantitative estimate of drug-likeness (QED) is 0.615. The third-order valence-corrected chi connectivity index (χ3v) is 6.37. The van der Waals surface area contributed by atoms with Crippen molar-refractivity contribution in [2.45, 2.75) is 24.6 Å². The molecule has 1 aromatic heterocycles. The van der Waals surface area contributed by atoms with Crippen molar-refractivity contribution in [2.24, 2.45) is 0 Å². The molecular formula is C23H24FN3O3S. The lowest BCUT2D eigenvalue weighted by molar-refractivity contribution is -0.0184. The molecule has 0 aliphatic carbocycles. The monoisotopic (exact) mass is 441 g/mol. The molecule has 2 atom stereocenters. The first kappa shape index (κ1) is 21.4. The van der Waals surface area contributed by atoms with Gasteiger partial charge in [0.05, 0.1) is 30.0 Å². The Kier molecular flexibility index (Phi) is 6.31. The number of nitrogens with zero attached hydrogens (tertiary/aromatic N) is 2. The summed E-state index contributed by atoms with van der Waals surface area (Å²) in [6, 6.07) is 13.6. The van der Waals surface area contributed by atoms with Crippen LogP contribution in [0.15, 0.2) is 59.4 Å². The standard InChI is InChI=1S/C23H24FN3O3S/c1-30-19-9-5-8-18(24)21(19)22(29)26-23(16-6-3-2-4-7-16)10-11-27(13-20(23)28)12-17-14-31-15-25-17/h2-9,14-15,20,28H,10-13H2,1H3,(H,26,29)/t20-,23+/m1/s1. The van der Waals surface area contributed by atoms with Gasteiger partial charge in [-0.05, 0) is 24.1 Å². The second kappa shape index (κ2) is 9.13. The summed E-state index contributed by atoms with van der Waals surface area (Å²) in [5.41, 5.74) is 2.29. The third-order valence-electron chi connectivity index (χ3n) is 5.74. The summed E-state index contributed by atoms with van der Waals surface area (Å²) < 4.78 is 19.7. The van der Waals surface area contributed by atoms with Crippen LogP contribution in [0.3, 0.4) is 0 Å². The van der Waals surface area contributed by atoms with E-state index in [0.29, 0.717) is 26.1 Å². The molecule has 1 amide bonds. The molecule has 2 heterocycles. The van der Waals surface area contributed by atoms with Gasteiger partial charge >= 0.3 is 0 Å². The van der Waals surface area contributed by atoms with Crippen LogP contribution in [0.5, 0.6) is 5.75 Å². The van der Waals surface area contributed by atoms with Gasteiger partial charge in [-0.15, -0.1) is 11.3 Å². The van der Waals surface area contributed by atoms with Crippen LogP contribution in [0.1, 0.15) is 28.0 Å². The van der Waals surface area contributed by atoms with E-state index in [2.05, 4.69) is 15.2 Å². The zero-order chi connectivity index (χ0) is 21.8. The van der Waals surface area contributed by atoms with Crippen molar-refractivity contribution in [3.63, 3.8) is 0 Å².